The number of nitrogens with two attached hydrogens (primary N) is 1. The van der Waals surface area contributed by atoms with Crippen molar-refractivity contribution in [2.24, 2.45) is 5.73 Å². The lowest BCUT2D eigenvalue weighted by molar-refractivity contribution is 0.0997. The number of ether oxygens (including phenoxy) is 1. The Morgan fingerprint density at radius 3 is 3.05 bits per heavy atom. The molecule has 0 spiro atoms. The summed E-state index contributed by atoms with van der Waals surface area (Å²) in [7, 11) is 0. The van der Waals surface area contributed by atoms with Crippen molar-refractivity contribution in [1.82, 2.24) is 4.98 Å². The average molecular weight is 290 g/mol. The van der Waals surface area contributed by atoms with Gasteiger partial charge in [0.2, 0.25) is 0 Å². The Labute approximate surface area is 120 Å². The van der Waals surface area contributed by atoms with Crippen molar-refractivity contribution in [2.75, 3.05) is 6.61 Å². The van der Waals surface area contributed by atoms with Gasteiger partial charge in [-0.05, 0) is 31.0 Å². The Hall–Kier alpha value is -1.92. The first-order chi connectivity index (χ1) is 9.65. The normalized spacial score (nSPS) is 18.3. The quantitative estimate of drug-likeness (QED) is 0.909. The smallest absolute Gasteiger partial charge is 0.252 e. The van der Waals surface area contributed by atoms with E-state index in [1.165, 1.54) is 6.07 Å². The summed E-state index contributed by atoms with van der Waals surface area (Å²) in [5, 5.41) is 12.5. The van der Waals surface area contributed by atoms with Crippen LogP contribution in [0.2, 0.25) is 0 Å². The molecular weight excluding hydrogens is 276 g/mol. The fourth-order valence-corrected chi connectivity index (χ4v) is 3.14. The molecule has 0 aliphatic carbocycles. The number of benzene rings is 1. The second-order valence-corrected chi connectivity index (χ2v) is 5.56. The van der Waals surface area contributed by atoms with Crippen molar-refractivity contribution in [3.8, 4) is 17.0 Å². The standard InChI is InChI=1S/C14H14N2O3S/c15-13(18)9-6-8(3-4-11(9)17)10-7-20-14(16-10)12-2-1-5-19-12/h3-4,6-7,12,17H,1-2,5H2,(H2,15,18). The SMILES string of the molecule is NC(=O)c1cc(-c2csc(C3CCCO3)n2)ccc1O. The minimum atomic E-state index is -0.654. The minimum absolute atomic E-state index is 0.0847. The number of rotatable bonds is 3. The number of hydrogen-bond donors (Lipinski definition) is 2. The molecule has 20 heavy (non-hydrogen) atoms. The maximum Gasteiger partial charge on any atom is 0.252 e. The molecule has 1 aromatic carbocycles. The number of thiazole rings is 1. The van der Waals surface area contributed by atoms with Crippen LogP contribution in [0.3, 0.4) is 0 Å². The molecular formula is C14H14N2O3S. The molecule has 1 aliphatic heterocycles. The van der Waals surface area contributed by atoms with Crippen LogP contribution in [0.4, 0.5) is 0 Å². The van der Waals surface area contributed by atoms with Gasteiger partial charge in [-0.15, -0.1) is 11.3 Å². The van der Waals surface area contributed by atoms with Crippen molar-refractivity contribution in [3.63, 3.8) is 0 Å². The number of carbonyl (C=O) groups excluding carboxylic acids is 1. The van der Waals surface area contributed by atoms with Gasteiger partial charge in [-0.1, -0.05) is 0 Å². The number of amides is 1. The van der Waals surface area contributed by atoms with Crippen molar-refractivity contribution in [3.05, 3.63) is 34.2 Å². The van der Waals surface area contributed by atoms with Crippen LogP contribution < -0.4 is 5.73 Å². The first-order valence-corrected chi connectivity index (χ1v) is 7.23. The van der Waals surface area contributed by atoms with Crippen molar-refractivity contribution in [1.29, 1.82) is 0 Å². The van der Waals surface area contributed by atoms with Gasteiger partial charge in [0, 0.05) is 17.6 Å². The zero-order valence-corrected chi connectivity index (χ0v) is 11.5. The van der Waals surface area contributed by atoms with E-state index in [2.05, 4.69) is 4.98 Å². The lowest BCUT2D eigenvalue weighted by Crippen LogP contribution is -2.11. The molecule has 1 aliphatic rings. The molecule has 1 atom stereocenters. The van der Waals surface area contributed by atoms with Gasteiger partial charge in [0.25, 0.3) is 5.91 Å². The summed E-state index contributed by atoms with van der Waals surface area (Å²) in [5.74, 6) is -0.769. The highest BCUT2D eigenvalue weighted by atomic mass is 32.1. The molecule has 3 rings (SSSR count). The maximum atomic E-state index is 11.2. The molecule has 1 unspecified atom stereocenters. The molecule has 104 valence electrons. The van der Waals surface area contributed by atoms with E-state index >= 15 is 0 Å². The molecule has 1 saturated heterocycles. The second kappa shape index (κ2) is 5.22. The Morgan fingerprint density at radius 1 is 1.50 bits per heavy atom. The molecule has 0 bridgehead atoms. The van der Waals surface area contributed by atoms with Gasteiger partial charge in [0.1, 0.15) is 16.9 Å². The van der Waals surface area contributed by atoms with Crippen molar-refractivity contribution < 1.29 is 14.6 Å². The topological polar surface area (TPSA) is 85.4 Å². The number of aromatic nitrogens is 1. The van der Waals surface area contributed by atoms with E-state index in [0.717, 1.165) is 35.7 Å². The van der Waals surface area contributed by atoms with Gasteiger partial charge in [-0.25, -0.2) is 4.98 Å². The summed E-state index contributed by atoms with van der Waals surface area (Å²) in [4.78, 5) is 15.8. The number of carbonyl (C=O) groups is 1. The molecule has 1 fully saturated rings. The van der Waals surface area contributed by atoms with Crippen LogP contribution >= 0.6 is 11.3 Å². The van der Waals surface area contributed by atoms with Gasteiger partial charge in [-0.2, -0.15) is 0 Å². The molecule has 0 saturated carbocycles. The number of nitrogens with zero attached hydrogens (tertiary/aromatic N) is 1. The largest absolute Gasteiger partial charge is 0.507 e. The van der Waals surface area contributed by atoms with Gasteiger partial charge in [-0.3, -0.25) is 4.79 Å². The van der Waals surface area contributed by atoms with Gasteiger partial charge in [0.05, 0.1) is 11.3 Å². The van der Waals surface area contributed by atoms with Crippen molar-refractivity contribution >= 4 is 17.2 Å². The summed E-state index contributed by atoms with van der Waals surface area (Å²) in [6.07, 6.45) is 2.14. The van der Waals surface area contributed by atoms with Crippen molar-refractivity contribution in [2.45, 2.75) is 18.9 Å². The van der Waals surface area contributed by atoms with Crippen LogP contribution in [0.5, 0.6) is 5.75 Å². The van der Waals surface area contributed by atoms with Crippen LogP contribution in [0, 0.1) is 0 Å². The van der Waals surface area contributed by atoms with Crippen LogP contribution in [0.15, 0.2) is 23.6 Å². The molecule has 6 heteroatoms. The van der Waals surface area contributed by atoms with E-state index in [4.69, 9.17) is 10.5 Å². The summed E-state index contributed by atoms with van der Waals surface area (Å²) in [5.41, 5.74) is 6.86. The van der Waals surface area contributed by atoms with Gasteiger partial charge < -0.3 is 15.6 Å². The zero-order valence-electron chi connectivity index (χ0n) is 10.7. The highest BCUT2D eigenvalue weighted by molar-refractivity contribution is 7.10. The summed E-state index contributed by atoms with van der Waals surface area (Å²) in [6, 6.07) is 4.74. The van der Waals surface area contributed by atoms with Gasteiger partial charge >= 0.3 is 0 Å². The number of phenols is 1. The first-order valence-electron chi connectivity index (χ1n) is 6.35. The fourth-order valence-electron chi connectivity index (χ4n) is 2.23. The van der Waals surface area contributed by atoms with E-state index in [0.29, 0.717) is 0 Å². The lowest BCUT2D eigenvalue weighted by atomic mass is 10.1. The molecule has 1 aromatic heterocycles. The average Bonchev–Trinajstić information content (AvgIpc) is 3.09. The molecule has 5 nitrogen and oxygen atoms in total. The Balaban J connectivity index is 1.93. The Bertz CT molecular complexity index is 648. The fraction of sp³-hybridized carbons (Fsp3) is 0.286. The van der Waals surface area contributed by atoms with E-state index in [1.54, 1.807) is 23.5 Å². The number of aromatic hydroxyl groups is 1. The second-order valence-electron chi connectivity index (χ2n) is 4.67. The maximum absolute atomic E-state index is 11.2. The third kappa shape index (κ3) is 2.39. The van der Waals surface area contributed by atoms with E-state index in [1.807, 2.05) is 5.38 Å². The third-order valence-electron chi connectivity index (χ3n) is 3.28. The Morgan fingerprint density at radius 2 is 2.35 bits per heavy atom. The zero-order chi connectivity index (χ0) is 14.1. The predicted octanol–water partition coefficient (Wildman–Crippen LogP) is 2.47. The monoisotopic (exact) mass is 290 g/mol. The lowest BCUT2D eigenvalue weighted by Gasteiger charge is -2.05. The summed E-state index contributed by atoms with van der Waals surface area (Å²) >= 11 is 1.55. The highest BCUT2D eigenvalue weighted by Gasteiger charge is 2.21. The van der Waals surface area contributed by atoms with E-state index < -0.39 is 5.91 Å². The summed E-state index contributed by atoms with van der Waals surface area (Å²) in [6.45, 7) is 0.782. The molecule has 1 amide bonds. The molecule has 2 aromatic rings. The summed E-state index contributed by atoms with van der Waals surface area (Å²) < 4.78 is 5.60. The van der Waals surface area contributed by atoms with Crippen LogP contribution in [0.25, 0.3) is 11.3 Å². The van der Waals surface area contributed by atoms with Crippen LogP contribution in [0.1, 0.15) is 34.3 Å². The van der Waals surface area contributed by atoms with E-state index in [9.17, 15) is 9.90 Å². The predicted molar refractivity (Wildman–Crippen MR) is 75.7 cm³/mol. The van der Waals surface area contributed by atoms with E-state index in [-0.39, 0.29) is 17.4 Å². The number of hydrogen-bond acceptors (Lipinski definition) is 5. The minimum Gasteiger partial charge on any atom is -0.507 e. The number of primary amides is 1. The van der Waals surface area contributed by atoms with Crippen LogP contribution in [-0.4, -0.2) is 22.6 Å². The first kappa shape index (κ1) is 13.1. The molecule has 0 radical (unpaired) electrons. The Kier molecular flexibility index (Phi) is 3.42. The highest BCUT2D eigenvalue weighted by Crippen LogP contribution is 2.34. The van der Waals surface area contributed by atoms with Gasteiger partial charge in [0.15, 0.2) is 0 Å². The van der Waals surface area contributed by atoms with Crippen LogP contribution in [-0.2, 0) is 4.74 Å². The molecule has 3 N–H and O–H groups in total. The third-order valence-corrected chi connectivity index (χ3v) is 4.22. The molecule has 2 heterocycles.